The lowest BCUT2D eigenvalue weighted by molar-refractivity contribution is 0.194. The average molecular weight is 297 g/mol. The van der Waals surface area contributed by atoms with E-state index in [0.717, 1.165) is 38.6 Å². The van der Waals surface area contributed by atoms with Gasteiger partial charge < -0.3 is 15.0 Å². The molecule has 1 aromatic heterocycles. The summed E-state index contributed by atoms with van der Waals surface area (Å²) in [5.74, 6) is 0.913. The molecule has 1 fully saturated rings. The smallest absolute Gasteiger partial charge is 0.0940 e. The predicted molar refractivity (Wildman–Crippen MR) is 84.2 cm³/mol. The fraction of sp³-hybridized carbons (Fsp3) is 0.800. The lowest BCUT2D eigenvalue weighted by Gasteiger charge is -2.29. The molecule has 0 saturated carbocycles. The summed E-state index contributed by atoms with van der Waals surface area (Å²) in [6, 6.07) is 0. The van der Waals surface area contributed by atoms with Crippen LogP contribution in [0.25, 0.3) is 0 Å². The molecule has 4 nitrogen and oxygen atoms in total. The van der Waals surface area contributed by atoms with Gasteiger partial charge in [-0.25, -0.2) is 4.98 Å². The van der Waals surface area contributed by atoms with Gasteiger partial charge in [-0.1, -0.05) is 6.92 Å². The third-order valence-corrected chi connectivity index (χ3v) is 4.96. The number of aromatic nitrogens is 1. The number of nitrogens with one attached hydrogen (secondary N) is 1. The lowest BCUT2D eigenvalue weighted by Crippen LogP contribution is -2.34. The molecule has 1 saturated heterocycles. The summed E-state index contributed by atoms with van der Waals surface area (Å²) < 4.78 is 5.02. The van der Waals surface area contributed by atoms with Crippen molar-refractivity contribution in [1.82, 2.24) is 15.2 Å². The summed E-state index contributed by atoms with van der Waals surface area (Å²) in [6.07, 6.45) is 5.81. The first-order chi connectivity index (χ1) is 9.78. The Kier molecular flexibility index (Phi) is 6.93. The molecule has 1 N–H and O–H groups in total. The fourth-order valence-corrected chi connectivity index (χ4v) is 3.35. The SMILES string of the molecule is COCCNCc1cnc(CCN2CCC(C)CC2)s1. The van der Waals surface area contributed by atoms with Gasteiger partial charge in [0.25, 0.3) is 0 Å². The topological polar surface area (TPSA) is 37.4 Å². The van der Waals surface area contributed by atoms with Gasteiger partial charge in [0.15, 0.2) is 0 Å². The number of hydrogen-bond donors (Lipinski definition) is 1. The molecule has 0 spiro atoms. The van der Waals surface area contributed by atoms with E-state index < -0.39 is 0 Å². The number of likely N-dealkylation sites (tertiary alicyclic amines) is 1. The van der Waals surface area contributed by atoms with Crippen molar-refractivity contribution >= 4 is 11.3 Å². The first-order valence-corrected chi connectivity index (χ1v) is 8.45. The molecule has 1 aromatic rings. The van der Waals surface area contributed by atoms with E-state index in [1.165, 1.54) is 35.8 Å². The van der Waals surface area contributed by atoms with Crippen LogP contribution in [0.4, 0.5) is 0 Å². The summed E-state index contributed by atoms with van der Waals surface area (Å²) in [4.78, 5) is 8.44. The average Bonchev–Trinajstić information content (AvgIpc) is 2.91. The number of ether oxygens (including phenoxy) is 1. The van der Waals surface area contributed by atoms with E-state index in [0.29, 0.717) is 0 Å². The van der Waals surface area contributed by atoms with Crippen LogP contribution in [0, 0.1) is 5.92 Å². The van der Waals surface area contributed by atoms with Crippen molar-refractivity contribution in [3.63, 3.8) is 0 Å². The van der Waals surface area contributed by atoms with Crippen molar-refractivity contribution in [2.75, 3.05) is 39.9 Å². The zero-order valence-electron chi connectivity index (χ0n) is 12.7. The van der Waals surface area contributed by atoms with Gasteiger partial charge in [-0.15, -0.1) is 11.3 Å². The van der Waals surface area contributed by atoms with Gasteiger partial charge in [-0.05, 0) is 31.8 Å². The second-order valence-electron chi connectivity index (χ2n) is 5.66. The summed E-state index contributed by atoms with van der Waals surface area (Å²) >= 11 is 1.84. The molecule has 0 amide bonds. The molecule has 0 atom stereocenters. The second kappa shape index (κ2) is 8.72. The minimum Gasteiger partial charge on any atom is -0.383 e. The molecule has 2 rings (SSSR count). The Morgan fingerprint density at radius 3 is 3.00 bits per heavy atom. The van der Waals surface area contributed by atoms with E-state index in [4.69, 9.17) is 4.74 Å². The van der Waals surface area contributed by atoms with Crippen molar-refractivity contribution in [1.29, 1.82) is 0 Å². The van der Waals surface area contributed by atoms with Gasteiger partial charge >= 0.3 is 0 Å². The Balaban J connectivity index is 1.65. The Bertz CT molecular complexity index is 375. The number of thiazole rings is 1. The molecule has 0 radical (unpaired) electrons. The van der Waals surface area contributed by atoms with E-state index in [-0.39, 0.29) is 0 Å². The van der Waals surface area contributed by atoms with Crippen LogP contribution in [-0.2, 0) is 17.7 Å². The first kappa shape index (κ1) is 15.9. The number of methoxy groups -OCH3 is 1. The van der Waals surface area contributed by atoms with E-state index in [1.54, 1.807) is 7.11 Å². The molecule has 1 aliphatic rings. The van der Waals surface area contributed by atoms with Crippen LogP contribution in [0.3, 0.4) is 0 Å². The summed E-state index contributed by atoms with van der Waals surface area (Å²) in [7, 11) is 1.73. The highest BCUT2D eigenvalue weighted by atomic mass is 32.1. The zero-order chi connectivity index (χ0) is 14.2. The highest BCUT2D eigenvalue weighted by molar-refractivity contribution is 7.11. The Morgan fingerprint density at radius 2 is 2.25 bits per heavy atom. The maximum Gasteiger partial charge on any atom is 0.0940 e. The van der Waals surface area contributed by atoms with Crippen LogP contribution in [0.5, 0.6) is 0 Å². The normalized spacial score (nSPS) is 17.7. The first-order valence-electron chi connectivity index (χ1n) is 7.63. The Hall–Kier alpha value is -0.490. The standard InChI is InChI=1S/C15H27N3OS/c1-13-3-7-18(8-4-13)9-5-15-17-12-14(20-15)11-16-6-10-19-2/h12-13,16H,3-11H2,1-2H3. The van der Waals surface area contributed by atoms with Gasteiger partial charge in [-0.3, -0.25) is 0 Å². The van der Waals surface area contributed by atoms with Crippen molar-refractivity contribution in [2.24, 2.45) is 5.92 Å². The van der Waals surface area contributed by atoms with Crippen LogP contribution in [0.1, 0.15) is 29.7 Å². The molecule has 5 heteroatoms. The highest BCUT2D eigenvalue weighted by Crippen LogP contribution is 2.18. The van der Waals surface area contributed by atoms with Crippen LogP contribution in [0.15, 0.2) is 6.20 Å². The Labute approximate surface area is 126 Å². The van der Waals surface area contributed by atoms with Crippen LogP contribution in [-0.4, -0.2) is 49.8 Å². The van der Waals surface area contributed by atoms with Crippen molar-refractivity contribution < 1.29 is 4.74 Å². The predicted octanol–water partition coefficient (Wildman–Crippen LogP) is 2.15. The number of rotatable bonds is 8. The van der Waals surface area contributed by atoms with E-state index in [1.807, 2.05) is 17.5 Å². The summed E-state index contributed by atoms with van der Waals surface area (Å²) in [6.45, 7) is 8.62. The molecule has 0 unspecified atom stereocenters. The molecule has 0 aliphatic carbocycles. The summed E-state index contributed by atoms with van der Waals surface area (Å²) in [5.41, 5.74) is 0. The molecular weight excluding hydrogens is 270 g/mol. The van der Waals surface area contributed by atoms with Gasteiger partial charge in [-0.2, -0.15) is 0 Å². The second-order valence-corrected chi connectivity index (χ2v) is 6.86. The fourth-order valence-electron chi connectivity index (χ4n) is 2.47. The molecule has 0 bridgehead atoms. The number of nitrogens with zero attached hydrogens (tertiary/aromatic N) is 2. The maximum absolute atomic E-state index is 5.02. The van der Waals surface area contributed by atoms with Crippen LogP contribution >= 0.6 is 11.3 Å². The third-order valence-electron chi connectivity index (χ3n) is 3.90. The van der Waals surface area contributed by atoms with E-state index in [9.17, 15) is 0 Å². The van der Waals surface area contributed by atoms with E-state index >= 15 is 0 Å². The van der Waals surface area contributed by atoms with Crippen molar-refractivity contribution in [3.05, 3.63) is 16.1 Å². The number of piperidine rings is 1. The van der Waals surface area contributed by atoms with Gasteiger partial charge in [0.1, 0.15) is 0 Å². The summed E-state index contributed by atoms with van der Waals surface area (Å²) in [5, 5.41) is 4.63. The molecule has 2 heterocycles. The molecule has 20 heavy (non-hydrogen) atoms. The van der Waals surface area contributed by atoms with E-state index in [2.05, 4.69) is 22.1 Å². The minimum atomic E-state index is 0.763. The molecular formula is C15H27N3OS. The Morgan fingerprint density at radius 1 is 1.45 bits per heavy atom. The van der Waals surface area contributed by atoms with Crippen LogP contribution in [0.2, 0.25) is 0 Å². The van der Waals surface area contributed by atoms with Gasteiger partial charge in [0.05, 0.1) is 11.6 Å². The third kappa shape index (κ3) is 5.48. The largest absolute Gasteiger partial charge is 0.383 e. The number of hydrogen-bond acceptors (Lipinski definition) is 5. The molecule has 114 valence electrons. The monoisotopic (exact) mass is 297 g/mol. The van der Waals surface area contributed by atoms with Gasteiger partial charge in [0.2, 0.25) is 0 Å². The van der Waals surface area contributed by atoms with Crippen LogP contribution < -0.4 is 5.32 Å². The zero-order valence-corrected chi connectivity index (χ0v) is 13.5. The van der Waals surface area contributed by atoms with Crippen molar-refractivity contribution in [2.45, 2.75) is 32.7 Å². The maximum atomic E-state index is 5.02. The quantitative estimate of drug-likeness (QED) is 0.746. The minimum absolute atomic E-state index is 0.763. The lowest BCUT2D eigenvalue weighted by atomic mass is 9.99. The molecule has 1 aliphatic heterocycles. The van der Waals surface area contributed by atoms with Crippen molar-refractivity contribution in [3.8, 4) is 0 Å². The highest BCUT2D eigenvalue weighted by Gasteiger charge is 2.15. The molecule has 0 aromatic carbocycles. The van der Waals surface area contributed by atoms with Gasteiger partial charge in [0, 0.05) is 44.2 Å².